The van der Waals surface area contributed by atoms with Gasteiger partial charge in [0.15, 0.2) is 0 Å². The molecule has 0 bridgehead atoms. The molecule has 178 valence electrons. The van der Waals surface area contributed by atoms with Crippen molar-refractivity contribution in [3.8, 4) is 28.3 Å². The van der Waals surface area contributed by atoms with Crippen LogP contribution in [-0.4, -0.2) is 32.6 Å². The van der Waals surface area contributed by atoms with Crippen LogP contribution in [-0.2, 0) is 11.2 Å². The molecule has 5 rings (SSSR count). The number of ether oxygens (including phenoxy) is 1. The van der Waals surface area contributed by atoms with E-state index in [9.17, 15) is 4.79 Å². The summed E-state index contributed by atoms with van der Waals surface area (Å²) < 4.78 is 6.31. The molecule has 1 amide bonds. The Labute approximate surface area is 204 Å². The molecule has 3 aromatic carbocycles. The van der Waals surface area contributed by atoms with Gasteiger partial charge in [0.2, 0.25) is 11.7 Å². The van der Waals surface area contributed by atoms with E-state index in [1.54, 1.807) is 0 Å². The number of tetrazole rings is 1. The number of rotatable bonds is 7. The topological polar surface area (TPSA) is 92.8 Å². The average Bonchev–Trinajstić information content (AvgIpc) is 3.50. The summed E-state index contributed by atoms with van der Waals surface area (Å²) in [5.41, 5.74) is 6.80. The van der Waals surface area contributed by atoms with Crippen LogP contribution in [0.15, 0.2) is 60.7 Å². The van der Waals surface area contributed by atoms with Gasteiger partial charge in [0.25, 0.3) is 0 Å². The van der Waals surface area contributed by atoms with Crippen molar-refractivity contribution in [1.29, 1.82) is 0 Å². The Kier molecular flexibility index (Phi) is 6.31. The fraction of sp³-hybridized carbons (Fsp3) is 0.286. The first-order valence-electron chi connectivity index (χ1n) is 12.1. The van der Waals surface area contributed by atoms with Crippen molar-refractivity contribution in [1.82, 2.24) is 20.6 Å². The second-order valence-electron chi connectivity index (χ2n) is 9.15. The monoisotopic (exact) mass is 467 g/mol. The third kappa shape index (κ3) is 4.67. The zero-order chi connectivity index (χ0) is 24.4. The number of H-pyrrole nitrogens is 1. The number of benzene rings is 3. The lowest BCUT2D eigenvalue weighted by Gasteiger charge is -2.15. The summed E-state index contributed by atoms with van der Waals surface area (Å²) in [5, 5.41) is 17.8. The zero-order valence-corrected chi connectivity index (χ0v) is 20.2. The van der Waals surface area contributed by atoms with Gasteiger partial charge in [-0.05, 0) is 54.3 Å². The van der Waals surface area contributed by atoms with E-state index in [0.29, 0.717) is 17.9 Å². The molecule has 0 saturated carbocycles. The predicted molar refractivity (Wildman–Crippen MR) is 136 cm³/mol. The fourth-order valence-electron chi connectivity index (χ4n) is 4.82. The first kappa shape index (κ1) is 22.8. The lowest BCUT2D eigenvalue weighted by Crippen LogP contribution is -2.16. The molecule has 0 saturated heterocycles. The molecule has 7 heteroatoms. The smallest absolute Gasteiger partial charge is 0.228 e. The molecule has 2 N–H and O–H groups in total. The van der Waals surface area contributed by atoms with Gasteiger partial charge in [-0.1, -0.05) is 67.4 Å². The van der Waals surface area contributed by atoms with E-state index in [4.69, 9.17) is 4.74 Å². The number of carbonyl (C=O) groups is 1. The molecule has 2 heterocycles. The molecule has 1 aliphatic rings. The second kappa shape index (κ2) is 9.70. The number of fused-ring (bicyclic) bond motifs is 1. The highest BCUT2D eigenvalue weighted by atomic mass is 16.5. The minimum absolute atomic E-state index is 0.0420. The maximum Gasteiger partial charge on any atom is 0.228 e. The molecular weight excluding hydrogens is 438 g/mol. The number of hydrogen-bond acceptors (Lipinski definition) is 5. The van der Waals surface area contributed by atoms with Crippen LogP contribution < -0.4 is 10.1 Å². The van der Waals surface area contributed by atoms with Crippen molar-refractivity contribution in [2.45, 2.75) is 52.1 Å². The van der Waals surface area contributed by atoms with Crippen molar-refractivity contribution in [3.05, 3.63) is 77.4 Å². The van der Waals surface area contributed by atoms with Crippen LogP contribution in [0, 0.1) is 6.92 Å². The first-order chi connectivity index (χ1) is 17.0. The average molecular weight is 468 g/mol. The summed E-state index contributed by atoms with van der Waals surface area (Å²) in [5.74, 6) is 1.49. The summed E-state index contributed by atoms with van der Waals surface area (Å²) in [7, 11) is 0. The van der Waals surface area contributed by atoms with Gasteiger partial charge in [-0.25, -0.2) is 0 Å². The molecular formula is C28H29N5O2. The molecule has 7 nitrogen and oxygen atoms in total. The summed E-state index contributed by atoms with van der Waals surface area (Å²) >= 11 is 0. The van der Waals surface area contributed by atoms with Gasteiger partial charge in [0, 0.05) is 17.0 Å². The van der Waals surface area contributed by atoms with E-state index in [1.807, 2.05) is 61.5 Å². The highest BCUT2D eigenvalue weighted by Crippen LogP contribution is 2.48. The number of aromatic nitrogens is 4. The van der Waals surface area contributed by atoms with Gasteiger partial charge in [0.1, 0.15) is 11.9 Å². The number of hydrogen-bond donors (Lipinski definition) is 2. The van der Waals surface area contributed by atoms with E-state index in [0.717, 1.165) is 46.4 Å². The standard InChI is InChI=1S/C28H29N5O2/c1-4-7-21-18(3)35-27-24(21)15-20(22-8-5-6-9-23(22)28-30-32-33-31-28)16-25(27)29-26(34)14-19-12-10-17(2)11-13-19/h5-6,8-13,15-16,18,21H,4,7,14H2,1-3H3,(H,29,34)(H,30,31,32,33)/t18-,21?/m0/s1. The molecule has 1 aliphatic heterocycles. The van der Waals surface area contributed by atoms with E-state index in [1.165, 1.54) is 5.56 Å². The quantitative estimate of drug-likeness (QED) is 0.364. The number of anilines is 1. The third-order valence-electron chi connectivity index (χ3n) is 6.57. The third-order valence-corrected chi connectivity index (χ3v) is 6.57. The van der Waals surface area contributed by atoms with Gasteiger partial charge in [-0.2, -0.15) is 5.21 Å². The van der Waals surface area contributed by atoms with Gasteiger partial charge in [0.05, 0.1) is 12.1 Å². The predicted octanol–water partition coefficient (Wildman–Crippen LogP) is 5.69. The van der Waals surface area contributed by atoms with Crippen molar-refractivity contribution >= 4 is 11.6 Å². The molecule has 35 heavy (non-hydrogen) atoms. The number of aryl methyl sites for hydroxylation is 1. The van der Waals surface area contributed by atoms with Gasteiger partial charge >= 0.3 is 0 Å². The second-order valence-corrected chi connectivity index (χ2v) is 9.15. The van der Waals surface area contributed by atoms with Crippen LogP contribution in [0.4, 0.5) is 5.69 Å². The largest absolute Gasteiger partial charge is 0.488 e. The molecule has 0 spiro atoms. The van der Waals surface area contributed by atoms with Gasteiger partial charge < -0.3 is 10.1 Å². The Morgan fingerprint density at radius 2 is 1.86 bits per heavy atom. The van der Waals surface area contributed by atoms with Crippen LogP contribution in [0.1, 0.15) is 49.3 Å². The lowest BCUT2D eigenvalue weighted by molar-refractivity contribution is -0.115. The zero-order valence-electron chi connectivity index (χ0n) is 20.2. The maximum atomic E-state index is 13.1. The molecule has 0 radical (unpaired) electrons. The van der Waals surface area contributed by atoms with Crippen LogP contribution >= 0.6 is 0 Å². The minimum atomic E-state index is -0.0742. The van der Waals surface area contributed by atoms with E-state index < -0.39 is 0 Å². The summed E-state index contributed by atoms with van der Waals surface area (Å²) in [6.45, 7) is 6.33. The van der Waals surface area contributed by atoms with Crippen molar-refractivity contribution in [3.63, 3.8) is 0 Å². The van der Waals surface area contributed by atoms with Crippen LogP contribution in [0.2, 0.25) is 0 Å². The Morgan fingerprint density at radius 1 is 1.09 bits per heavy atom. The molecule has 4 aromatic rings. The molecule has 1 unspecified atom stereocenters. The normalized spacial score (nSPS) is 16.5. The number of amides is 1. The number of carbonyl (C=O) groups excluding carboxylic acids is 1. The number of nitrogens with one attached hydrogen (secondary N) is 2. The van der Waals surface area contributed by atoms with Crippen LogP contribution in [0.3, 0.4) is 0 Å². The molecule has 0 fully saturated rings. The summed E-state index contributed by atoms with van der Waals surface area (Å²) in [6, 6.07) is 20.2. The van der Waals surface area contributed by atoms with Crippen LogP contribution in [0.25, 0.3) is 22.5 Å². The van der Waals surface area contributed by atoms with E-state index in [2.05, 4.69) is 45.9 Å². The van der Waals surface area contributed by atoms with Crippen molar-refractivity contribution in [2.75, 3.05) is 5.32 Å². The van der Waals surface area contributed by atoms with Crippen LogP contribution in [0.5, 0.6) is 5.75 Å². The summed E-state index contributed by atoms with van der Waals surface area (Å²) in [4.78, 5) is 13.1. The van der Waals surface area contributed by atoms with E-state index >= 15 is 0 Å². The van der Waals surface area contributed by atoms with E-state index in [-0.39, 0.29) is 17.9 Å². The molecule has 2 atom stereocenters. The first-order valence-corrected chi connectivity index (χ1v) is 12.1. The lowest BCUT2D eigenvalue weighted by atomic mass is 9.88. The Hall–Kier alpha value is -4.00. The minimum Gasteiger partial charge on any atom is -0.488 e. The van der Waals surface area contributed by atoms with Crippen molar-refractivity contribution < 1.29 is 9.53 Å². The maximum absolute atomic E-state index is 13.1. The fourth-order valence-corrected chi connectivity index (χ4v) is 4.82. The van der Waals surface area contributed by atoms with Crippen molar-refractivity contribution in [2.24, 2.45) is 0 Å². The SMILES string of the molecule is CCCC1c2cc(-c3ccccc3-c3nn[nH]n3)cc(NC(=O)Cc3ccc(C)cc3)c2O[C@H]1C. The number of nitrogens with zero attached hydrogens (tertiary/aromatic N) is 3. The Balaban J connectivity index is 1.56. The summed E-state index contributed by atoms with van der Waals surface area (Å²) in [6.07, 6.45) is 2.41. The number of aromatic amines is 1. The highest BCUT2D eigenvalue weighted by molar-refractivity contribution is 5.96. The molecule has 0 aliphatic carbocycles. The van der Waals surface area contributed by atoms with Gasteiger partial charge in [-0.15, -0.1) is 10.2 Å². The Bertz CT molecular complexity index is 1330. The molecule has 1 aromatic heterocycles. The van der Waals surface area contributed by atoms with Gasteiger partial charge in [-0.3, -0.25) is 4.79 Å². The Morgan fingerprint density at radius 3 is 2.57 bits per heavy atom. The highest BCUT2D eigenvalue weighted by Gasteiger charge is 2.33.